The highest BCUT2D eigenvalue weighted by molar-refractivity contribution is 7.99. The zero-order chi connectivity index (χ0) is 15.9. The van der Waals surface area contributed by atoms with Crippen molar-refractivity contribution in [3.05, 3.63) is 70.5 Å². The fourth-order valence-electron chi connectivity index (χ4n) is 1.96. The second-order valence-electron chi connectivity index (χ2n) is 4.96. The molecule has 0 aliphatic carbocycles. The summed E-state index contributed by atoms with van der Waals surface area (Å²) in [7, 11) is 1.69. The van der Waals surface area contributed by atoms with Crippen LogP contribution in [0.3, 0.4) is 0 Å². The highest BCUT2D eigenvalue weighted by Crippen LogP contribution is 2.17. The van der Waals surface area contributed by atoms with Crippen molar-refractivity contribution in [2.24, 2.45) is 0 Å². The van der Waals surface area contributed by atoms with Crippen molar-refractivity contribution >= 4 is 29.3 Å². The Morgan fingerprint density at radius 3 is 2.73 bits per heavy atom. The first kappa shape index (κ1) is 16.8. The number of amides is 1. The first-order valence-electron chi connectivity index (χ1n) is 6.86. The third-order valence-corrected chi connectivity index (χ3v) is 4.40. The van der Waals surface area contributed by atoms with E-state index >= 15 is 0 Å². The van der Waals surface area contributed by atoms with Gasteiger partial charge in [-0.15, -0.1) is 11.8 Å². The number of benzene rings is 2. The molecule has 0 aliphatic rings. The number of carbonyl (C=O) groups is 1. The van der Waals surface area contributed by atoms with Gasteiger partial charge in [0.05, 0.1) is 5.75 Å². The van der Waals surface area contributed by atoms with Gasteiger partial charge in [-0.05, 0) is 23.8 Å². The third-order valence-electron chi connectivity index (χ3n) is 3.17. The fourth-order valence-corrected chi connectivity index (χ4v) is 3.09. The minimum Gasteiger partial charge on any atom is -0.341 e. The molecule has 1 amide bonds. The summed E-state index contributed by atoms with van der Waals surface area (Å²) in [4.78, 5) is 13.6. The molecule has 2 aromatic carbocycles. The normalized spacial score (nSPS) is 10.5. The average molecular weight is 338 g/mol. The van der Waals surface area contributed by atoms with Gasteiger partial charge in [-0.2, -0.15) is 0 Å². The van der Waals surface area contributed by atoms with Crippen LogP contribution in [0.25, 0.3) is 0 Å². The van der Waals surface area contributed by atoms with Crippen LogP contribution in [0.5, 0.6) is 0 Å². The highest BCUT2D eigenvalue weighted by atomic mass is 35.5. The van der Waals surface area contributed by atoms with E-state index in [1.54, 1.807) is 30.1 Å². The lowest BCUT2D eigenvalue weighted by atomic mass is 10.2. The first-order valence-corrected chi connectivity index (χ1v) is 8.39. The van der Waals surface area contributed by atoms with E-state index in [2.05, 4.69) is 0 Å². The van der Waals surface area contributed by atoms with E-state index in [1.807, 2.05) is 24.3 Å². The number of hydrogen-bond donors (Lipinski definition) is 0. The summed E-state index contributed by atoms with van der Waals surface area (Å²) in [6, 6.07) is 14.1. The lowest BCUT2D eigenvalue weighted by Gasteiger charge is -2.17. The Balaban J connectivity index is 1.80. The molecule has 0 bridgehead atoms. The molecule has 0 aliphatic heterocycles. The quantitative estimate of drug-likeness (QED) is 0.780. The number of hydrogen-bond acceptors (Lipinski definition) is 2. The van der Waals surface area contributed by atoms with Gasteiger partial charge >= 0.3 is 0 Å². The Kier molecular flexibility index (Phi) is 6.28. The van der Waals surface area contributed by atoms with E-state index in [4.69, 9.17) is 11.6 Å². The van der Waals surface area contributed by atoms with Crippen molar-refractivity contribution in [1.82, 2.24) is 4.90 Å². The average Bonchev–Trinajstić information content (AvgIpc) is 2.49. The van der Waals surface area contributed by atoms with Crippen LogP contribution in [0.4, 0.5) is 4.39 Å². The molecule has 2 aromatic rings. The van der Waals surface area contributed by atoms with Crippen LogP contribution in [-0.2, 0) is 17.1 Å². The summed E-state index contributed by atoms with van der Waals surface area (Å²) >= 11 is 7.44. The number of carbonyl (C=O) groups excluding carboxylic acids is 1. The lowest BCUT2D eigenvalue weighted by Crippen LogP contribution is -2.28. The van der Waals surface area contributed by atoms with Crippen LogP contribution >= 0.6 is 23.4 Å². The summed E-state index contributed by atoms with van der Waals surface area (Å²) in [5.74, 6) is 0.779. The van der Waals surface area contributed by atoms with Gasteiger partial charge in [-0.25, -0.2) is 4.39 Å². The van der Waals surface area contributed by atoms with Crippen LogP contribution < -0.4 is 0 Å². The van der Waals surface area contributed by atoms with Crippen LogP contribution in [0.15, 0.2) is 48.5 Å². The van der Waals surface area contributed by atoms with Gasteiger partial charge in [0.25, 0.3) is 0 Å². The summed E-state index contributed by atoms with van der Waals surface area (Å²) in [5, 5.41) is 0.695. The van der Waals surface area contributed by atoms with Crippen LogP contribution in [-0.4, -0.2) is 23.6 Å². The number of halogens is 2. The Hall–Kier alpha value is -1.52. The molecule has 0 fully saturated rings. The van der Waals surface area contributed by atoms with Crippen LogP contribution in [0, 0.1) is 5.82 Å². The molecule has 116 valence electrons. The maximum atomic E-state index is 13.6. The lowest BCUT2D eigenvalue weighted by molar-refractivity contribution is -0.127. The SMILES string of the molecule is CN(Cc1ccccc1F)C(=O)CSCc1cccc(Cl)c1. The largest absolute Gasteiger partial charge is 0.341 e. The second kappa shape index (κ2) is 8.20. The first-order chi connectivity index (χ1) is 10.6. The smallest absolute Gasteiger partial charge is 0.232 e. The number of nitrogens with zero attached hydrogens (tertiary/aromatic N) is 1. The van der Waals surface area contributed by atoms with Gasteiger partial charge in [0.1, 0.15) is 5.82 Å². The topological polar surface area (TPSA) is 20.3 Å². The molecular weight excluding hydrogens is 321 g/mol. The Bertz CT molecular complexity index is 650. The van der Waals surface area contributed by atoms with Crippen molar-refractivity contribution in [1.29, 1.82) is 0 Å². The molecule has 5 heteroatoms. The van der Waals surface area contributed by atoms with Crippen molar-refractivity contribution < 1.29 is 9.18 Å². The molecular formula is C17H17ClFNOS. The Morgan fingerprint density at radius 1 is 1.23 bits per heavy atom. The summed E-state index contributed by atoms with van der Waals surface area (Å²) in [5.41, 5.74) is 1.61. The van der Waals surface area contributed by atoms with Crippen molar-refractivity contribution in [2.75, 3.05) is 12.8 Å². The number of rotatable bonds is 6. The van der Waals surface area contributed by atoms with Crippen LogP contribution in [0.1, 0.15) is 11.1 Å². The molecule has 0 radical (unpaired) electrons. The standard InChI is InChI=1S/C17H17ClFNOS/c1-20(10-14-6-2-3-8-16(14)19)17(21)12-22-11-13-5-4-7-15(18)9-13/h2-9H,10-12H2,1H3. The second-order valence-corrected chi connectivity index (χ2v) is 6.39. The highest BCUT2D eigenvalue weighted by Gasteiger charge is 2.11. The summed E-state index contributed by atoms with van der Waals surface area (Å²) in [6.07, 6.45) is 0. The maximum Gasteiger partial charge on any atom is 0.232 e. The zero-order valence-electron chi connectivity index (χ0n) is 12.3. The maximum absolute atomic E-state index is 13.6. The van der Waals surface area contributed by atoms with Gasteiger partial charge < -0.3 is 4.90 Å². The van der Waals surface area contributed by atoms with Gasteiger partial charge in [0.15, 0.2) is 0 Å². The number of thioether (sulfide) groups is 1. The molecule has 0 unspecified atom stereocenters. The molecule has 2 rings (SSSR count). The third kappa shape index (κ3) is 5.04. The minimum atomic E-state index is -0.284. The fraction of sp³-hybridized carbons (Fsp3) is 0.235. The molecule has 0 N–H and O–H groups in total. The van der Waals surface area contributed by atoms with E-state index in [9.17, 15) is 9.18 Å². The molecule has 0 spiro atoms. The Labute approximate surface area is 139 Å². The summed E-state index contributed by atoms with van der Waals surface area (Å²) in [6.45, 7) is 0.281. The molecule has 2 nitrogen and oxygen atoms in total. The van der Waals surface area contributed by atoms with Crippen molar-refractivity contribution in [3.63, 3.8) is 0 Å². The van der Waals surface area contributed by atoms with E-state index in [0.717, 1.165) is 11.3 Å². The zero-order valence-corrected chi connectivity index (χ0v) is 13.8. The van der Waals surface area contributed by atoms with E-state index in [0.29, 0.717) is 16.3 Å². The van der Waals surface area contributed by atoms with E-state index in [-0.39, 0.29) is 18.3 Å². The van der Waals surface area contributed by atoms with Crippen molar-refractivity contribution in [3.8, 4) is 0 Å². The molecule has 0 saturated heterocycles. The van der Waals surface area contributed by atoms with Gasteiger partial charge in [0, 0.05) is 29.9 Å². The van der Waals surface area contributed by atoms with E-state index < -0.39 is 0 Å². The van der Waals surface area contributed by atoms with Gasteiger partial charge in [-0.1, -0.05) is 41.9 Å². The summed E-state index contributed by atoms with van der Waals surface area (Å²) < 4.78 is 13.6. The van der Waals surface area contributed by atoms with E-state index in [1.165, 1.54) is 17.8 Å². The minimum absolute atomic E-state index is 0.0183. The Morgan fingerprint density at radius 2 is 2.00 bits per heavy atom. The van der Waals surface area contributed by atoms with Gasteiger partial charge in [-0.3, -0.25) is 4.79 Å². The molecule has 0 saturated carbocycles. The molecule has 0 aromatic heterocycles. The van der Waals surface area contributed by atoms with Crippen molar-refractivity contribution in [2.45, 2.75) is 12.3 Å². The molecule has 22 heavy (non-hydrogen) atoms. The monoisotopic (exact) mass is 337 g/mol. The van der Waals surface area contributed by atoms with Crippen LogP contribution in [0.2, 0.25) is 5.02 Å². The predicted molar refractivity (Wildman–Crippen MR) is 90.5 cm³/mol. The van der Waals surface area contributed by atoms with Gasteiger partial charge in [0.2, 0.25) is 5.91 Å². The molecule has 0 atom stereocenters. The molecule has 0 heterocycles. The predicted octanol–water partition coefficient (Wildman–Crippen LogP) is 4.37.